The van der Waals surface area contributed by atoms with Gasteiger partial charge in [-0.15, -0.1) is 0 Å². The third kappa shape index (κ3) is 3.16. The van der Waals surface area contributed by atoms with Crippen LogP contribution in [0.25, 0.3) is 0 Å². The van der Waals surface area contributed by atoms with Gasteiger partial charge in [-0.05, 0) is 32.5 Å². The maximum absolute atomic E-state index is 6.43. The predicted molar refractivity (Wildman–Crippen MR) is 81.0 cm³/mol. The van der Waals surface area contributed by atoms with Crippen LogP contribution in [0, 0.1) is 5.92 Å². The van der Waals surface area contributed by atoms with E-state index in [0.717, 1.165) is 13.1 Å². The van der Waals surface area contributed by atoms with Crippen molar-refractivity contribution in [1.82, 2.24) is 9.80 Å². The molecule has 19 heavy (non-hydrogen) atoms. The highest BCUT2D eigenvalue weighted by Crippen LogP contribution is 2.26. The Labute approximate surface area is 117 Å². The van der Waals surface area contributed by atoms with E-state index < -0.39 is 0 Å². The molecule has 0 amide bonds. The molecule has 1 saturated heterocycles. The summed E-state index contributed by atoms with van der Waals surface area (Å²) in [7, 11) is 4.35. The standard InChI is InChI=1S/C16H27N3/c1-12-10-19(11-15(12)18(3)4)13(2)16(17)14-8-6-5-7-9-14/h5-9,12-13,15-16H,10-11,17H2,1-4H3. The lowest BCUT2D eigenvalue weighted by molar-refractivity contribution is 0.204. The maximum Gasteiger partial charge on any atom is 0.0450 e. The molecule has 2 N–H and O–H groups in total. The fraction of sp³-hybridized carbons (Fsp3) is 0.625. The van der Waals surface area contributed by atoms with Crippen molar-refractivity contribution in [2.24, 2.45) is 11.7 Å². The van der Waals surface area contributed by atoms with Crippen LogP contribution < -0.4 is 5.73 Å². The number of benzene rings is 1. The lowest BCUT2D eigenvalue weighted by atomic mass is 10.0. The zero-order valence-electron chi connectivity index (χ0n) is 12.6. The van der Waals surface area contributed by atoms with E-state index in [0.29, 0.717) is 18.0 Å². The Morgan fingerprint density at radius 1 is 1.21 bits per heavy atom. The van der Waals surface area contributed by atoms with Crippen molar-refractivity contribution in [2.45, 2.75) is 32.0 Å². The van der Waals surface area contributed by atoms with Gasteiger partial charge < -0.3 is 10.6 Å². The van der Waals surface area contributed by atoms with E-state index in [4.69, 9.17) is 5.73 Å². The summed E-state index contributed by atoms with van der Waals surface area (Å²) in [5.74, 6) is 0.709. The number of nitrogens with two attached hydrogens (primary N) is 1. The molecule has 0 radical (unpaired) electrons. The van der Waals surface area contributed by atoms with E-state index >= 15 is 0 Å². The first-order valence-corrected chi connectivity index (χ1v) is 7.21. The third-order valence-corrected chi connectivity index (χ3v) is 4.54. The SMILES string of the molecule is CC1CN(C(C)C(N)c2ccccc2)CC1N(C)C. The monoisotopic (exact) mass is 261 g/mol. The van der Waals surface area contributed by atoms with Gasteiger partial charge in [0.1, 0.15) is 0 Å². The highest BCUT2D eigenvalue weighted by Gasteiger charge is 2.35. The van der Waals surface area contributed by atoms with E-state index in [1.54, 1.807) is 0 Å². The van der Waals surface area contributed by atoms with Crippen LogP contribution in [-0.4, -0.2) is 49.1 Å². The van der Waals surface area contributed by atoms with Crippen LogP contribution in [-0.2, 0) is 0 Å². The van der Waals surface area contributed by atoms with E-state index in [2.05, 4.69) is 62.0 Å². The number of rotatable bonds is 4. The van der Waals surface area contributed by atoms with Gasteiger partial charge in [-0.1, -0.05) is 37.3 Å². The Morgan fingerprint density at radius 3 is 2.37 bits per heavy atom. The second kappa shape index (κ2) is 6.04. The van der Waals surface area contributed by atoms with Crippen molar-refractivity contribution < 1.29 is 0 Å². The van der Waals surface area contributed by atoms with Gasteiger partial charge in [0.05, 0.1) is 0 Å². The number of likely N-dealkylation sites (N-methyl/N-ethyl adjacent to an activating group) is 1. The molecule has 0 saturated carbocycles. The Kier molecular flexibility index (Phi) is 4.61. The maximum atomic E-state index is 6.43. The minimum atomic E-state index is 0.0920. The fourth-order valence-corrected chi connectivity index (χ4v) is 3.17. The normalized spacial score (nSPS) is 27.7. The van der Waals surface area contributed by atoms with Crippen molar-refractivity contribution in [3.05, 3.63) is 35.9 Å². The molecule has 1 aromatic carbocycles. The van der Waals surface area contributed by atoms with Crippen molar-refractivity contribution in [2.75, 3.05) is 27.2 Å². The lowest BCUT2D eigenvalue weighted by Gasteiger charge is -2.30. The van der Waals surface area contributed by atoms with E-state index in [1.807, 2.05) is 6.07 Å². The Morgan fingerprint density at radius 2 is 1.84 bits per heavy atom. The molecule has 1 aliphatic rings. The summed E-state index contributed by atoms with van der Waals surface area (Å²) in [4.78, 5) is 4.87. The van der Waals surface area contributed by atoms with Crippen molar-refractivity contribution in [3.8, 4) is 0 Å². The number of likely N-dealkylation sites (tertiary alicyclic amines) is 1. The molecule has 4 unspecified atom stereocenters. The first kappa shape index (κ1) is 14.5. The minimum absolute atomic E-state index is 0.0920. The largest absolute Gasteiger partial charge is 0.323 e. The fourth-order valence-electron chi connectivity index (χ4n) is 3.17. The van der Waals surface area contributed by atoms with E-state index in [9.17, 15) is 0 Å². The van der Waals surface area contributed by atoms with Crippen LogP contribution in [0.15, 0.2) is 30.3 Å². The van der Waals surface area contributed by atoms with Gasteiger partial charge in [-0.3, -0.25) is 4.90 Å². The third-order valence-electron chi connectivity index (χ3n) is 4.54. The molecule has 3 heteroatoms. The van der Waals surface area contributed by atoms with Gasteiger partial charge in [-0.25, -0.2) is 0 Å². The first-order valence-electron chi connectivity index (χ1n) is 7.21. The van der Waals surface area contributed by atoms with Gasteiger partial charge in [0.15, 0.2) is 0 Å². The molecule has 0 bridgehead atoms. The summed E-state index contributed by atoms with van der Waals surface area (Å²) in [6.07, 6.45) is 0. The van der Waals surface area contributed by atoms with Gasteiger partial charge in [-0.2, -0.15) is 0 Å². The Bertz CT molecular complexity index is 390. The van der Waals surface area contributed by atoms with Gasteiger partial charge in [0.25, 0.3) is 0 Å². The molecule has 0 aliphatic carbocycles. The Balaban J connectivity index is 2.03. The summed E-state index contributed by atoms with van der Waals surface area (Å²) in [6.45, 7) is 6.86. The molecular weight excluding hydrogens is 234 g/mol. The molecule has 106 valence electrons. The molecule has 4 atom stereocenters. The zero-order chi connectivity index (χ0) is 14.0. The molecule has 1 aliphatic heterocycles. The van der Waals surface area contributed by atoms with Crippen LogP contribution in [0.2, 0.25) is 0 Å². The number of nitrogens with zero attached hydrogens (tertiary/aromatic N) is 2. The summed E-state index contributed by atoms with van der Waals surface area (Å²) >= 11 is 0. The zero-order valence-corrected chi connectivity index (χ0v) is 12.6. The van der Waals surface area contributed by atoms with E-state index in [-0.39, 0.29) is 6.04 Å². The second-order valence-electron chi connectivity index (χ2n) is 6.14. The van der Waals surface area contributed by atoms with Crippen molar-refractivity contribution in [1.29, 1.82) is 0 Å². The molecular formula is C16H27N3. The lowest BCUT2D eigenvalue weighted by Crippen LogP contribution is -2.41. The molecule has 0 spiro atoms. The summed E-state index contributed by atoms with van der Waals surface area (Å²) < 4.78 is 0. The predicted octanol–water partition coefficient (Wildman–Crippen LogP) is 1.96. The quantitative estimate of drug-likeness (QED) is 0.899. The van der Waals surface area contributed by atoms with Crippen molar-refractivity contribution in [3.63, 3.8) is 0 Å². The van der Waals surface area contributed by atoms with Crippen LogP contribution in [0.4, 0.5) is 0 Å². The second-order valence-corrected chi connectivity index (χ2v) is 6.14. The Hall–Kier alpha value is -0.900. The topological polar surface area (TPSA) is 32.5 Å². The first-order chi connectivity index (χ1) is 9.00. The van der Waals surface area contributed by atoms with Gasteiger partial charge in [0.2, 0.25) is 0 Å². The molecule has 1 heterocycles. The van der Waals surface area contributed by atoms with Crippen LogP contribution in [0.5, 0.6) is 0 Å². The van der Waals surface area contributed by atoms with Gasteiger partial charge >= 0.3 is 0 Å². The summed E-state index contributed by atoms with van der Waals surface area (Å²) in [5.41, 5.74) is 7.66. The molecule has 0 aromatic heterocycles. The average molecular weight is 261 g/mol. The number of hydrogen-bond donors (Lipinski definition) is 1. The van der Waals surface area contributed by atoms with Gasteiger partial charge in [0, 0.05) is 31.2 Å². The van der Waals surface area contributed by atoms with Crippen LogP contribution in [0.3, 0.4) is 0 Å². The van der Waals surface area contributed by atoms with Crippen LogP contribution >= 0.6 is 0 Å². The highest BCUT2D eigenvalue weighted by molar-refractivity contribution is 5.20. The van der Waals surface area contributed by atoms with Crippen molar-refractivity contribution >= 4 is 0 Å². The number of hydrogen-bond acceptors (Lipinski definition) is 3. The molecule has 1 fully saturated rings. The summed E-state index contributed by atoms with van der Waals surface area (Å²) in [6, 6.07) is 11.6. The molecule has 2 rings (SSSR count). The molecule has 3 nitrogen and oxygen atoms in total. The smallest absolute Gasteiger partial charge is 0.0450 e. The minimum Gasteiger partial charge on any atom is -0.323 e. The average Bonchev–Trinajstić information content (AvgIpc) is 2.80. The highest BCUT2D eigenvalue weighted by atomic mass is 15.3. The summed E-state index contributed by atoms with van der Waals surface area (Å²) in [5, 5.41) is 0. The van der Waals surface area contributed by atoms with Crippen LogP contribution in [0.1, 0.15) is 25.5 Å². The molecule has 1 aromatic rings. The van der Waals surface area contributed by atoms with E-state index in [1.165, 1.54) is 5.56 Å².